The number of fused-ring (bicyclic) bond motifs is 2. The normalized spacial score (nSPS) is 20.1. The minimum Gasteiger partial charge on any atom is -0.444 e. The average Bonchev–Trinajstić information content (AvgIpc) is 2.64. The number of carbonyl (C=O) groups excluding carboxylic acids is 1. The number of rotatable bonds is 0. The zero-order valence-electron chi connectivity index (χ0n) is 11.5. The van der Waals surface area contributed by atoms with Crippen molar-refractivity contribution >= 4 is 6.09 Å². The first-order chi connectivity index (χ1) is 8.90. The van der Waals surface area contributed by atoms with E-state index in [0.29, 0.717) is 19.7 Å². The van der Waals surface area contributed by atoms with E-state index in [0.717, 1.165) is 5.56 Å². The predicted octanol–water partition coefficient (Wildman–Crippen LogP) is 2.06. The molecule has 3 heterocycles. The number of carbonyl (C=O) groups is 1. The third-order valence-electron chi connectivity index (χ3n) is 3.45. The van der Waals surface area contributed by atoms with Crippen LogP contribution in [0.5, 0.6) is 0 Å². The van der Waals surface area contributed by atoms with Crippen LogP contribution in [0.2, 0.25) is 0 Å². The minimum atomic E-state index is -0.462. The quantitative estimate of drug-likeness (QED) is 0.718. The highest BCUT2D eigenvalue weighted by Gasteiger charge is 2.52. The molecule has 0 aliphatic carbocycles. The Labute approximate surface area is 112 Å². The second kappa shape index (κ2) is 3.93. The molecule has 1 saturated heterocycles. The summed E-state index contributed by atoms with van der Waals surface area (Å²) >= 11 is 0. The maximum atomic E-state index is 11.9. The molecule has 0 bridgehead atoms. The summed E-state index contributed by atoms with van der Waals surface area (Å²) in [5.41, 5.74) is 1.45. The van der Waals surface area contributed by atoms with Crippen LogP contribution in [0.25, 0.3) is 0 Å². The van der Waals surface area contributed by atoms with Crippen LogP contribution in [0.1, 0.15) is 31.9 Å². The Morgan fingerprint density at radius 1 is 1.47 bits per heavy atom. The lowest BCUT2D eigenvalue weighted by Gasteiger charge is -2.47. The summed E-state index contributed by atoms with van der Waals surface area (Å²) in [6.07, 6.45) is 3.33. The summed E-state index contributed by atoms with van der Waals surface area (Å²) in [5.74, 6) is 0. The Morgan fingerprint density at radius 3 is 2.89 bits per heavy atom. The van der Waals surface area contributed by atoms with E-state index in [1.807, 2.05) is 33.0 Å². The third-order valence-corrected chi connectivity index (χ3v) is 3.45. The highest BCUT2D eigenvalue weighted by molar-refractivity contribution is 5.70. The summed E-state index contributed by atoms with van der Waals surface area (Å²) in [6.45, 7) is 7.28. The molecule has 0 aromatic carbocycles. The molecular formula is C14H18N2O3. The fourth-order valence-corrected chi connectivity index (χ4v) is 2.54. The van der Waals surface area contributed by atoms with Crippen molar-refractivity contribution in [3.63, 3.8) is 0 Å². The van der Waals surface area contributed by atoms with Crippen LogP contribution in [0.4, 0.5) is 4.79 Å². The van der Waals surface area contributed by atoms with E-state index in [9.17, 15) is 4.79 Å². The lowest BCUT2D eigenvalue weighted by atomic mass is 9.87. The van der Waals surface area contributed by atoms with Crippen molar-refractivity contribution in [3.8, 4) is 0 Å². The van der Waals surface area contributed by atoms with Crippen LogP contribution in [0.15, 0.2) is 18.5 Å². The van der Waals surface area contributed by atoms with E-state index >= 15 is 0 Å². The van der Waals surface area contributed by atoms with Crippen LogP contribution < -0.4 is 0 Å². The molecule has 1 fully saturated rings. The van der Waals surface area contributed by atoms with Gasteiger partial charge in [0.2, 0.25) is 0 Å². The zero-order chi connectivity index (χ0) is 13.7. The second-order valence-corrected chi connectivity index (χ2v) is 6.15. The number of hydrogen-bond donors (Lipinski definition) is 0. The smallest absolute Gasteiger partial charge is 0.410 e. The van der Waals surface area contributed by atoms with E-state index in [-0.39, 0.29) is 11.7 Å². The van der Waals surface area contributed by atoms with Crippen molar-refractivity contribution in [2.75, 3.05) is 13.1 Å². The van der Waals surface area contributed by atoms with E-state index < -0.39 is 5.60 Å². The standard InChI is InChI=1S/C14H18N2O3/c1-13(2,3)19-12(17)16-8-14(9-16)11-6-15-5-4-10(11)7-18-14/h4-6H,7-9H2,1-3H3. The highest BCUT2D eigenvalue weighted by atomic mass is 16.6. The van der Waals surface area contributed by atoms with Gasteiger partial charge in [-0.1, -0.05) is 0 Å². The summed E-state index contributed by atoms with van der Waals surface area (Å²) in [6, 6.07) is 1.97. The molecule has 19 heavy (non-hydrogen) atoms. The molecule has 0 unspecified atom stereocenters. The lowest BCUT2D eigenvalue weighted by Crippen LogP contribution is -2.61. The summed E-state index contributed by atoms with van der Waals surface area (Å²) in [4.78, 5) is 17.7. The molecule has 5 heteroatoms. The van der Waals surface area contributed by atoms with Gasteiger partial charge in [-0.3, -0.25) is 4.98 Å². The molecule has 1 amide bonds. The van der Waals surface area contributed by atoms with Crippen molar-refractivity contribution in [2.45, 2.75) is 38.6 Å². The minimum absolute atomic E-state index is 0.279. The van der Waals surface area contributed by atoms with Crippen molar-refractivity contribution in [3.05, 3.63) is 29.6 Å². The van der Waals surface area contributed by atoms with Gasteiger partial charge in [0.05, 0.1) is 19.7 Å². The Balaban J connectivity index is 1.69. The van der Waals surface area contributed by atoms with E-state index in [1.54, 1.807) is 11.1 Å². The molecular weight excluding hydrogens is 244 g/mol. The van der Waals surface area contributed by atoms with Crippen molar-refractivity contribution < 1.29 is 14.3 Å². The molecule has 0 saturated carbocycles. The Bertz CT molecular complexity index is 516. The Morgan fingerprint density at radius 2 is 2.21 bits per heavy atom. The van der Waals surface area contributed by atoms with E-state index in [2.05, 4.69) is 4.98 Å². The number of nitrogens with zero attached hydrogens (tertiary/aromatic N) is 2. The molecule has 1 aromatic rings. The molecule has 0 atom stereocenters. The summed E-state index contributed by atoms with van der Waals surface area (Å²) in [7, 11) is 0. The van der Waals surface area contributed by atoms with Crippen LogP contribution in [-0.4, -0.2) is 34.7 Å². The van der Waals surface area contributed by atoms with Gasteiger partial charge in [0, 0.05) is 18.0 Å². The SMILES string of the molecule is CC(C)(C)OC(=O)N1CC2(C1)OCc1ccncc12. The maximum Gasteiger partial charge on any atom is 0.410 e. The number of pyridine rings is 1. The highest BCUT2D eigenvalue weighted by Crippen LogP contribution is 2.43. The van der Waals surface area contributed by atoms with Crippen molar-refractivity contribution in [1.82, 2.24) is 9.88 Å². The fraction of sp³-hybridized carbons (Fsp3) is 0.571. The number of amides is 1. The molecule has 2 aliphatic rings. The lowest BCUT2D eigenvalue weighted by molar-refractivity contribution is -0.137. The van der Waals surface area contributed by atoms with Crippen LogP contribution in [-0.2, 0) is 21.7 Å². The topological polar surface area (TPSA) is 51.7 Å². The first-order valence-corrected chi connectivity index (χ1v) is 6.45. The molecule has 1 spiro atoms. The average molecular weight is 262 g/mol. The molecule has 1 aromatic heterocycles. The number of likely N-dealkylation sites (tertiary alicyclic amines) is 1. The first kappa shape index (κ1) is 12.4. The molecule has 0 N–H and O–H groups in total. The predicted molar refractivity (Wildman–Crippen MR) is 68.5 cm³/mol. The fourth-order valence-electron chi connectivity index (χ4n) is 2.54. The van der Waals surface area contributed by atoms with Crippen molar-refractivity contribution in [2.24, 2.45) is 0 Å². The van der Waals surface area contributed by atoms with Gasteiger partial charge in [-0.2, -0.15) is 0 Å². The van der Waals surface area contributed by atoms with Crippen LogP contribution in [0, 0.1) is 0 Å². The van der Waals surface area contributed by atoms with E-state index in [1.165, 1.54) is 5.56 Å². The van der Waals surface area contributed by atoms with Gasteiger partial charge >= 0.3 is 6.09 Å². The van der Waals surface area contributed by atoms with Gasteiger partial charge in [0.1, 0.15) is 11.2 Å². The first-order valence-electron chi connectivity index (χ1n) is 6.45. The van der Waals surface area contributed by atoms with E-state index in [4.69, 9.17) is 9.47 Å². The summed E-state index contributed by atoms with van der Waals surface area (Å²) < 4.78 is 11.2. The summed E-state index contributed by atoms with van der Waals surface area (Å²) in [5, 5.41) is 0. The van der Waals surface area contributed by atoms with Crippen molar-refractivity contribution in [1.29, 1.82) is 0 Å². The maximum absolute atomic E-state index is 11.9. The van der Waals surface area contributed by atoms with Gasteiger partial charge in [-0.15, -0.1) is 0 Å². The Hall–Kier alpha value is -1.62. The molecule has 0 radical (unpaired) electrons. The molecule has 2 aliphatic heterocycles. The van der Waals surface area contributed by atoms with Gasteiger partial charge < -0.3 is 14.4 Å². The zero-order valence-corrected chi connectivity index (χ0v) is 11.5. The third kappa shape index (κ3) is 2.08. The van der Waals surface area contributed by atoms with Gasteiger partial charge in [0.25, 0.3) is 0 Å². The number of aromatic nitrogens is 1. The number of ether oxygens (including phenoxy) is 2. The van der Waals surface area contributed by atoms with Gasteiger partial charge in [0.15, 0.2) is 0 Å². The monoisotopic (exact) mass is 262 g/mol. The largest absolute Gasteiger partial charge is 0.444 e. The van der Waals surface area contributed by atoms with Crippen LogP contribution in [0.3, 0.4) is 0 Å². The molecule has 5 nitrogen and oxygen atoms in total. The van der Waals surface area contributed by atoms with Gasteiger partial charge in [-0.25, -0.2) is 4.79 Å². The molecule has 3 rings (SSSR count). The molecule has 102 valence electrons. The second-order valence-electron chi connectivity index (χ2n) is 6.15. The van der Waals surface area contributed by atoms with Crippen LogP contribution >= 0.6 is 0 Å². The number of hydrogen-bond acceptors (Lipinski definition) is 4. The van der Waals surface area contributed by atoms with Gasteiger partial charge in [-0.05, 0) is 32.4 Å². The Kier molecular flexibility index (Phi) is 2.57.